The second-order valence-electron chi connectivity index (χ2n) is 6.92. The lowest BCUT2D eigenvalue weighted by Gasteiger charge is -2.11. The second kappa shape index (κ2) is 8.93. The van der Waals surface area contributed by atoms with E-state index in [4.69, 9.17) is 9.47 Å². The molecule has 0 bridgehead atoms. The van der Waals surface area contributed by atoms with Gasteiger partial charge in [0.2, 0.25) is 0 Å². The standard InChI is InChI=1S/C25H23NO2S/c1-18-8-6-11-21(19(18)2)15-27-23-12-7-13-24(14-23)28-16-22-17-29-25(26-22)20-9-4-3-5-10-20/h3-14,17H,15-16H2,1-2H3. The van der Waals surface area contributed by atoms with Crippen LogP contribution in [0.15, 0.2) is 78.2 Å². The number of hydrogen-bond acceptors (Lipinski definition) is 4. The SMILES string of the molecule is Cc1cccc(COc2cccc(OCc3csc(-c4ccccc4)n3)c2)c1C. The van der Waals surface area contributed by atoms with Gasteiger partial charge in [-0.2, -0.15) is 0 Å². The Balaban J connectivity index is 1.37. The maximum atomic E-state index is 5.99. The Kier molecular flexibility index (Phi) is 5.92. The van der Waals surface area contributed by atoms with Crippen molar-refractivity contribution in [1.29, 1.82) is 0 Å². The monoisotopic (exact) mass is 401 g/mol. The maximum absolute atomic E-state index is 5.99. The molecule has 4 heteroatoms. The number of rotatable bonds is 7. The van der Waals surface area contributed by atoms with E-state index in [1.54, 1.807) is 11.3 Å². The first-order chi connectivity index (χ1) is 14.2. The molecular weight excluding hydrogens is 378 g/mol. The van der Waals surface area contributed by atoms with E-state index in [2.05, 4.69) is 49.2 Å². The Morgan fingerprint density at radius 2 is 1.52 bits per heavy atom. The molecule has 0 saturated heterocycles. The molecule has 0 unspecified atom stereocenters. The molecule has 0 spiro atoms. The summed E-state index contributed by atoms with van der Waals surface area (Å²) >= 11 is 1.63. The molecule has 0 amide bonds. The largest absolute Gasteiger partial charge is 0.489 e. The summed E-state index contributed by atoms with van der Waals surface area (Å²) in [6.45, 7) is 5.23. The van der Waals surface area contributed by atoms with Crippen molar-refractivity contribution in [2.24, 2.45) is 0 Å². The van der Waals surface area contributed by atoms with Crippen LogP contribution >= 0.6 is 11.3 Å². The lowest BCUT2D eigenvalue weighted by Crippen LogP contribution is -2.00. The minimum absolute atomic E-state index is 0.434. The Bertz CT molecular complexity index is 1090. The molecular formula is C25H23NO2S. The van der Waals surface area contributed by atoms with Gasteiger partial charge in [0.05, 0.1) is 5.69 Å². The lowest BCUT2D eigenvalue weighted by atomic mass is 10.0. The van der Waals surface area contributed by atoms with Gasteiger partial charge in [0.1, 0.15) is 29.7 Å². The van der Waals surface area contributed by atoms with Gasteiger partial charge in [0.15, 0.2) is 0 Å². The van der Waals surface area contributed by atoms with E-state index < -0.39 is 0 Å². The van der Waals surface area contributed by atoms with Crippen LogP contribution in [0.3, 0.4) is 0 Å². The first kappa shape index (κ1) is 19.2. The predicted molar refractivity (Wildman–Crippen MR) is 119 cm³/mol. The first-order valence-electron chi connectivity index (χ1n) is 9.59. The molecule has 0 N–H and O–H groups in total. The van der Waals surface area contributed by atoms with Gasteiger partial charge in [-0.05, 0) is 42.7 Å². The average molecular weight is 402 g/mol. The predicted octanol–water partition coefficient (Wildman–Crippen LogP) is 6.58. The van der Waals surface area contributed by atoms with E-state index in [1.165, 1.54) is 16.7 Å². The summed E-state index contributed by atoms with van der Waals surface area (Å²) in [6.07, 6.45) is 0. The van der Waals surface area contributed by atoms with Gasteiger partial charge < -0.3 is 9.47 Å². The number of aromatic nitrogens is 1. The summed E-state index contributed by atoms with van der Waals surface area (Å²) in [4.78, 5) is 4.67. The van der Waals surface area contributed by atoms with Crippen molar-refractivity contribution in [3.8, 4) is 22.1 Å². The van der Waals surface area contributed by atoms with Crippen molar-refractivity contribution in [2.45, 2.75) is 27.1 Å². The lowest BCUT2D eigenvalue weighted by molar-refractivity contribution is 0.287. The smallest absolute Gasteiger partial charge is 0.131 e. The molecule has 4 rings (SSSR count). The van der Waals surface area contributed by atoms with Crippen molar-refractivity contribution in [2.75, 3.05) is 0 Å². The molecule has 0 radical (unpaired) electrons. The van der Waals surface area contributed by atoms with Gasteiger partial charge >= 0.3 is 0 Å². The van der Waals surface area contributed by atoms with Crippen LogP contribution in [0.5, 0.6) is 11.5 Å². The van der Waals surface area contributed by atoms with Gasteiger partial charge in [-0.15, -0.1) is 11.3 Å². The van der Waals surface area contributed by atoms with E-state index in [0.717, 1.165) is 27.8 Å². The molecule has 1 aromatic heterocycles. The number of ether oxygens (including phenoxy) is 2. The molecule has 1 heterocycles. The van der Waals surface area contributed by atoms with Crippen molar-refractivity contribution >= 4 is 11.3 Å². The van der Waals surface area contributed by atoms with Crippen LogP contribution in [0.25, 0.3) is 10.6 Å². The molecule has 0 aliphatic carbocycles. The summed E-state index contributed by atoms with van der Waals surface area (Å²) in [5.41, 5.74) is 5.81. The summed E-state index contributed by atoms with van der Waals surface area (Å²) in [5, 5.41) is 3.05. The number of hydrogen-bond donors (Lipinski definition) is 0. The van der Waals surface area contributed by atoms with E-state index in [0.29, 0.717) is 13.2 Å². The Morgan fingerprint density at radius 1 is 0.793 bits per heavy atom. The summed E-state index contributed by atoms with van der Waals surface area (Å²) < 4.78 is 11.9. The van der Waals surface area contributed by atoms with E-state index in [-0.39, 0.29) is 0 Å². The quantitative estimate of drug-likeness (QED) is 0.350. The number of thiazole rings is 1. The van der Waals surface area contributed by atoms with E-state index in [9.17, 15) is 0 Å². The zero-order valence-corrected chi connectivity index (χ0v) is 17.4. The summed E-state index contributed by atoms with van der Waals surface area (Å²) in [6, 6.07) is 24.3. The number of benzene rings is 3. The van der Waals surface area contributed by atoms with Crippen molar-refractivity contribution in [1.82, 2.24) is 4.98 Å². The van der Waals surface area contributed by atoms with Gasteiger partial charge in [0, 0.05) is 17.0 Å². The topological polar surface area (TPSA) is 31.4 Å². The Labute approximate surface area is 175 Å². The van der Waals surface area contributed by atoms with Crippen LogP contribution in [-0.4, -0.2) is 4.98 Å². The van der Waals surface area contributed by atoms with E-state index >= 15 is 0 Å². The number of aryl methyl sites for hydroxylation is 1. The molecule has 0 atom stereocenters. The van der Waals surface area contributed by atoms with E-state index in [1.807, 2.05) is 47.8 Å². The third-order valence-corrected chi connectivity index (χ3v) is 5.82. The minimum Gasteiger partial charge on any atom is -0.489 e. The highest BCUT2D eigenvalue weighted by atomic mass is 32.1. The molecule has 3 nitrogen and oxygen atoms in total. The van der Waals surface area contributed by atoms with Crippen LogP contribution in [-0.2, 0) is 13.2 Å². The van der Waals surface area contributed by atoms with Gasteiger partial charge in [-0.3, -0.25) is 0 Å². The molecule has 0 aliphatic heterocycles. The third kappa shape index (κ3) is 4.84. The second-order valence-corrected chi connectivity index (χ2v) is 7.78. The molecule has 146 valence electrons. The van der Waals surface area contributed by atoms with Crippen LogP contribution < -0.4 is 9.47 Å². The summed E-state index contributed by atoms with van der Waals surface area (Å²) in [7, 11) is 0. The third-order valence-electron chi connectivity index (χ3n) is 4.88. The zero-order chi connectivity index (χ0) is 20.1. The van der Waals surface area contributed by atoms with Crippen molar-refractivity contribution in [3.05, 3.63) is 101 Å². The highest BCUT2D eigenvalue weighted by Crippen LogP contribution is 2.25. The average Bonchev–Trinajstić information content (AvgIpc) is 3.23. The highest BCUT2D eigenvalue weighted by molar-refractivity contribution is 7.13. The fraction of sp³-hybridized carbons (Fsp3) is 0.160. The highest BCUT2D eigenvalue weighted by Gasteiger charge is 2.06. The summed E-state index contributed by atoms with van der Waals surface area (Å²) in [5.74, 6) is 1.57. The molecule has 0 saturated carbocycles. The molecule has 3 aromatic carbocycles. The first-order valence-corrected chi connectivity index (χ1v) is 10.5. The molecule has 29 heavy (non-hydrogen) atoms. The maximum Gasteiger partial charge on any atom is 0.131 e. The van der Waals surface area contributed by atoms with Crippen molar-refractivity contribution < 1.29 is 9.47 Å². The van der Waals surface area contributed by atoms with Gasteiger partial charge in [-0.25, -0.2) is 4.98 Å². The van der Waals surface area contributed by atoms with Gasteiger partial charge in [-0.1, -0.05) is 54.6 Å². The molecule has 0 aliphatic rings. The fourth-order valence-electron chi connectivity index (χ4n) is 3.03. The Hall–Kier alpha value is -3.11. The van der Waals surface area contributed by atoms with Crippen molar-refractivity contribution in [3.63, 3.8) is 0 Å². The normalized spacial score (nSPS) is 10.7. The molecule has 0 fully saturated rings. The zero-order valence-electron chi connectivity index (χ0n) is 16.6. The van der Waals surface area contributed by atoms with Crippen LogP contribution in [0, 0.1) is 13.8 Å². The van der Waals surface area contributed by atoms with Crippen LogP contribution in [0.4, 0.5) is 0 Å². The fourth-order valence-corrected chi connectivity index (χ4v) is 3.84. The Morgan fingerprint density at radius 3 is 2.31 bits per heavy atom. The van der Waals surface area contributed by atoms with Crippen LogP contribution in [0.2, 0.25) is 0 Å². The van der Waals surface area contributed by atoms with Gasteiger partial charge in [0.25, 0.3) is 0 Å². The minimum atomic E-state index is 0.434. The number of nitrogens with zero attached hydrogens (tertiary/aromatic N) is 1. The van der Waals surface area contributed by atoms with Crippen LogP contribution in [0.1, 0.15) is 22.4 Å². The molecule has 4 aromatic rings.